The molecule has 0 radical (unpaired) electrons. The monoisotopic (exact) mass is 274 g/mol. The molecule has 4 nitrogen and oxygen atoms in total. The van der Waals surface area contributed by atoms with Crippen LogP contribution in [0, 0.1) is 0 Å². The van der Waals surface area contributed by atoms with Crippen molar-refractivity contribution in [1.29, 1.82) is 0 Å². The van der Waals surface area contributed by atoms with Gasteiger partial charge in [0.25, 0.3) is 0 Å². The maximum absolute atomic E-state index is 10.5. The molecule has 1 aliphatic rings. The Morgan fingerprint density at radius 1 is 1.30 bits per heavy atom. The lowest BCUT2D eigenvalue weighted by atomic mass is 10.1. The summed E-state index contributed by atoms with van der Waals surface area (Å²) < 4.78 is 0. The molecule has 0 saturated carbocycles. The number of hydrogen-bond acceptors (Lipinski definition) is 3. The highest BCUT2D eigenvalue weighted by molar-refractivity contribution is 5.85. The summed E-state index contributed by atoms with van der Waals surface area (Å²) in [5.74, 6) is -0.919. The molecule has 108 valence electrons. The van der Waals surface area contributed by atoms with Crippen molar-refractivity contribution in [2.75, 3.05) is 13.1 Å². The number of rotatable bonds is 4. The van der Waals surface area contributed by atoms with Crippen LogP contribution in [-0.2, 0) is 11.3 Å². The van der Waals surface area contributed by atoms with E-state index in [-0.39, 0.29) is 0 Å². The first kappa shape index (κ1) is 14.8. The molecule has 2 N–H and O–H groups in total. The molecule has 1 heterocycles. The molecule has 1 aliphatic heterocycles. The number of nitrogens with one attached hydrogen (secondary N) is 1. The Kier molecular flexibility index (Phi) is 4.93. The summed E-state index contributed by atoms with van der Waals surface area (Å²) in [6.45, 7) is 7.49. The van der Waals surface area contributed by atoms with Gasteiger partial charge in [-0.2, -0.15) is 0 Å². The van der Waals surface area contributed by atoms with E-state index < -0.39 is 5.97 Å². The van der Waals surface area contributed by atoms with Gasteiger partial charge < -0.3 is 10.4 Å². The van der Waals surface area contributed by atoms with Gasteiger partial charge >= 0.3 is 5.97 Å². The maximum Gasteiger partial charge on any atom is 0.328 e. The molecule has 0 bridgehead atoms. The van der Waals surface area contributed by atoms with E-state index in [2.05, 4.69) is 36.2 Å². The summed E-state index contributed by atoms with van der Waals surface area (Å²) in [5, 5.41) is 12.0. The number of benzene rings is 1. The van der Waals surface area contributed by atoms with Gasteiger partial charge in [0.2, 0.25) is 0 Å². The first-order chi connectivity index (χ1) is 9.56. The third-order valence-electron chi connectivity index (χ3n) is 3.78. The minimum Gasteiger partial charge on any atom is -0.478 e. The number of carboxylic acid groups (broad SMARTS) is 1. The Balaban J connectivity index is 2.01. The highest BCUT2D eigenvalue weighted by Crippen LogP contribution is 2.15. The summed E-state index contributed by atoms with van der Waals surface area (Å²) in [7, 11) is 0. The molecule has 2 rings (SSSR count). The lowest BCUT2D eigenvalue weighted by Gasteiger charge is -2.39. The van der Waals surface area contributed by atoms with Crippen LogP contribution in [0.2, 0.25) is 0 Å². The summed E-state index contributed by atoms with van der Waals surface area (Å²) in [5.41, 5.74) is 2.18. The van der Waals surface area contributed by atoms with E-state index in [4.69, 9.17) is 5.11 Å². The van der Waals surface area contributed by atoms with E-state index in [9.17, 15) is 4.79 Å². The first-order valence-electron chi connectivity index (χ1n) is 7.02. The van der Waals surface area contributed by atoms with Gasteiger partial charge in [-0.3, -0.25) is 4.90 Å². The van der Waals surface area contributed by atoms with Crippen LogP contribution in [0.3, 0.4) is 0 Å². The Bertz CT molecular complexity index is 472. The second kappa shape index (κ2) is 6.68. The fraction of sp³-hybridized carbons (Fsp3) is 0.438. The highest BCUT2D eigenvalue weighted by Gasteiger charge is 2.23. The number of carbonyl (C=O) groups is 1. The SMILES string of the molecule is C[C@@H]1CNC[C@H](C)N1Cc1ccc(C=CC(=O)O)cc1. The standard InChI is InChI=1S/C16H22N2O2/c1-12-9-17-10-13(2)18(12)11-15-5-3-14(4-6-15)7-8-16(19)20/h3-8,12-13,17H,9-11H2,1-2H3,(H,19,20)/t12-,13+. The van der Waals surface area contributed by atoms with E-state index in [0.717, 1.165) is 31.3 Å². The molecule has 20 heavy (non-hydrogen) atoms. The van der Waals surface area contributed by atoms with Crippen LogP contribution in [0.5, 0.6) is 0 Å². The average Bonchev–Trinajstić information content (AvgIpc) is 2.42. The highest BCUT2D eigenvalue weighted by atomic mass is 16.4. The van der Waals surface area contributed by atoms with Crippen LogP contribution in [0.15, 0.2) is 30.3 Å². The van der Waals surface area contributed by atoms with Crippen LogP contribution < -0.4 is 5.32 Å². The van der Waals surface area contributed by atoms with Crippen LogP contribution in [0.1, 0.15) is 25.0 Å². The van der Waals surface area contributed by atoms with Crippen LogP contribution >= 0.6 is 0 Å². The Morgan fingerprint density at radius 2 is 1.90 bits per heavy atom. The molecule has 0 amide bonds. The van der Waals surface area contributed by atoms with E-state index >= 15 is 0 Å². The van der Waals surface area contributed by atoms with Gasteiger partial charge in [0.1, 0.15) is 0 Å². The zero-order chi connectivity index (χ0) is 14.5. The van der Waals surface area contributed by atoms with Crippen molar-refractivity contribution in [2.24, 2.45) is 0 Å². The minimum absolute atomic E-state index is 0.533. The second-order valence-corrected chi connectivity index (χ2v) is 5.44. The average molecular weight is 274 g/mol. The van der Waals surface area contributed by atoms with Gasteiger partial charge in [-0.05, 0) is 31.1 Å². The predicted molar refractivity (Wildman–Crippen MR) is 80.4 cm³/mol. The van der Waals surface area contributed by atoms with E-state index in [1.54, 1.807) is 6.08 Å². The van der Waals surface area contributed by atoms with Gasteiger partial charge in [-0.1, -0.05) is 24.3 Å². The zero-order valence-corrected chi connectivity index (χ0v) is 12.0. The molecule has 1 aromatic carbocycles. The third kappa shape index (κ3) is 3.92. The summed E-state index contributed by atoms with van der Waals surface area (Å²) in [6, 6.07) is 9.14. The summed E-state index contributed by atoms with van der Waals surface area (Å²) >= 11 is 0. The fourth-order valence-corrected chi connectivity index (χ4v) is 2.59. The van der Waals surface area contributed by atoms with Crippen molar-refractivity contribution in [3.63, 3.8) is 0 Å². The Labute approximate surface area is 120 Å². The fourth-order valence-electron chi connectivity index (χ4n) is 2.59. The number of nitrogens with zero attached hydrogens (tertiary/aromatic N) is 1. The van der Waals surface area contributed by atoms with Crippen molar-refractivity contribution in [3.8, 4) is 0 Å². The number of piperazine rings is 1. The Hall–Kier alpha value is -1.65. The van der Waals surface area contributed by atoms with Crippen molar-refractivity contribution in [1.82, 2.24) is 10.2 Å². The molecule has 0 unspecified atom stereocenters. The van der Waals surface area contributed by atoms with Gasteiger partial charge in [-0.15, -0.1) is 0 Å². The normalized spacial score (nSPS) is 24.1. The molecule has 4 heteroatoms. The Morgan fingerprint density at radius 3 is 2.45 bits per heavy atom. The molecular weight excluding hydrogens is 252 g/mol. The van der Waals surface area contributed by atoms with Crippen LogP contribution in [0.25, 0.3) is 6.08 Å². The van der Waals surface area contributed by atoms with Crippen molar-refractivity contribution >= 4 is 12.0 Å². The van der Waals surface area contributed by atoms with E-state index in [1.807, 2.05) is 12.1 Å². The van der Waals surface area contributed by atoms with E-state index in [1.165, 1.54) is 5.56 Å². The molecule has 1 aromatic rings. The number of carboxylic acids is 1. The minimum atomic E-state index is -0.919. The third-order valence-corrected chi connectivity index (χ3v) is 3.78. The maximum atomic E-state index is 10.5. The largest absolute Gasteiger partial charge is 0.478 e. The van der Waals surface area contributed by atoms with Crippen molar-refractivity contribution in [2.45, 2.75) is 32.5 Å². The molecule has 1 fully saturated rings. The second-order valence-electron chi connectivity index (χ2n) is 5.44. The van der Waals surface area contributed by atoms with Gasteiger partial charge in [0, 0.05) is 37.8 Å². The van der Waals surface area contributed by atoms with Crippen LogP contribution in [-0.4, -0.2) is 41.1 Å². The van der Waals surface area contributed by atoms with E-state index in [0.29, 0.717) is 12.1 Å². The van der Waals surface area contributed by atoms with Gasteiger partial charge in [0.15, 0.2) is 0 Å². The zero-order valence-electron chi connectivity index (χ0n) is 12.0. The summed E-state index contributed by atoms with van der Waals surface area (Å²) in [6.07, 6.45) is 2.78. The predicted octanol–water partition coefficient (Wildman–Crippen LogP) is 1.97. The number of aliphatic carboxylic acids is 1. The smallest absolute Gasteiger partial charge is 0.328 e. The molecule has 0 spiro atoms. The van der Waals surface area contributed by atoms with Crippen molar-refractivity contribution in [3.05, 3.63) is 41.5 Å². The quantitative estimate of drug-likeness (QED) is 0.824. The molecule has 2 atom stereocenters. The molecule has 0 aliphatic carbocycles. The number of hydrogen-bond donors (Lipinski definition) is 2. The van der Waals surface area contributed by atoms with Gasteiger partial charge in [0.05, 0.1) is 0 Å². The topological polar surface area (TPSA) is 52.6 Å². The first-order valence-corrected chi connectivity index (χ1v) is 7.02. The summed E-state index contributed by atoms with van der Waals surface area (Å²) in [4.78, 5) is 13.0. The van der Waals surface area contributed by atoms with Gasteiger partial charge in [-0.25, -0.2) is 4.79 Å². The lowest BCUT2D eigenvalue weighted by molar-refractivity contribution is -0.131. The van der Waals surface area contributed by atoms with Crippen molar-refractivity contribution < 1.29 is 9.90 Å². The van der Waals surface area contributed by atoms with Crippen LogP contribution in [0.4, 0.5) is 0 Å². The molecular formula is C16H22N2O2. The molecule has 1 saturated heterocycles. The molecule has 0 aromatic heterocycles. The lowest BCUT2D eigenvalue weighted by Crippen LogP contribution is -2.54.